The van der Waals surface area contributed by atoms with Crippen LogP contribution in [-0.2, 0) is 19.9 Å². The van der Waals surface area contributed by atoms with E-state index >= 15 is 0 Å². The van der Waals surface area contributed by atoms with Crippen molar-refractivity contribution < 1.29 is 26.0 Å². The summed E-state index contributed by atoms with van der Waals surface area (Å²) in [6.07, 6.45) is 1.41. The summed E-state index contributed by atoms with van der Waals surface area (Å²) in [4.78, 5) is 14.6. The first-order valence-corrected chi connectivity index (χ1v) is 12.8. The maximum Gasteiger partial charge on any atom is 0.258 e. The molecule has 0 fully saturated rings. The van der Waals surface area contributed by atoms with Crippen molar-refractivity contribution in [1.29, 1.82) is 0 Å². The number of anilines is 1. The zero-order valence-corrected chi connectivity index (χ0v) is 18.7. The molecule has 2 aromatic rings. The fraction of sp³-hybridized carbons (Fsp3) is 0.286. The monoisotopic (exact) mass is 466 g/mol. The van der Waals surface area contributed by atoms with E-state index in [1.165, 1.54) is 63.8 Å². The van der Waals surface area contributed by atoms with Gasteiger partial charge in [-0.05, 0) is 54.6 Å². The fourth-order valence-corrected chi connectivity index (χ4v) is 6.13. The number of hydrogen-bond acceptors (Lipinski definition) is 5. The standard InChI is InChI=1S/C21H23FN2O5S2/c1-3-23(4-2)31(28,29)20-11-5-16(6-12-20)21(25)24(18-9-7-17(22)8-10-18)19-13-14-30(26,27)15-19/h5-14,19H,3-4,15H2,1-2H3. The second-order valence-corrected chi connectivity index (χ2v) is 10.9. The van der Waals surface area contributed by atoms with Gasteiger partial charge < -0.3 is 4.90 Å². The SMILES string of the molecule is CCN(CC)S(=O)(=O)c1ccc(C(=O)N(c2ccc(F)cc2)C2C=CS(=O)(=O)C2)cc1. The third-order valence-corrected chi connectivity index (χ3v) is 8.45. The molecule has 2 aromatic carbocycles. The van der Waals surface area contributed by atoms with Gasteiger partial charge in [0.15, 0.2) is 9.84 Å². The fourth-order valence-electron chi connectivity index (χ4n) is 3.40. The summed E-state index contributed by atoms with van der Waals surface area (Å²) in [6, 6.07) is 9.88. The lowest BCUT2D eigenvalue weighted by molar-refractivity contribution is 0.0983. The van der Waals surface area contributed by atoms with Gasteiger partial charge in [-0.1, -0.05) is 13.8 Å². The molecule has 1 atom stereocenters. The van der Waals surface area contributed by atoms with Crippen LogP contribution in [0, 0.1) is 5.82 Å². The van der Waals surface area contributed by atoms with Crippen molar-refractivity contribution in [2.45, 2.75) is 24.8 Å². The highest BCUT2D eigenvalue weighted by atomic mass is 32.2. The first kappa shape index (κ1) is 23.1. The third-order valence-electron chi connectivity index (χ3n) is 5.01. The van der Waals surface area contributed by atoms with Crippen molar-refractivity contribution in [2.75, 3.05) is 23.7 Å². The van der Waals surface area contributed by atoms with Crippen molar-refractivity contribution >= 4 is 31.5 Å². The Morgan fingerprint density at radius 1 is 1.03 bits per heavy atom. The Balaban J connectivity index is 1.97. The van der Waals surface area contributed by atoms with Crippen molar-refractivity contribution in [3.63, 3.8) is 0 Å². The average Bonchev–Trinajstić information content (AvgIpc) is 3.09. The lowest BCUT2D eigenvalue weighted by atomic mass is 10.1. The van der Waals surface area contributed by atoms with Crippen molar-refractivity contribution in [1.82, 2.24) is 4.31 Å². The maximum atomic E-state index is 13.4. The van der Waals surface area contributed by atoms with Gasteiger partial charge in [0.2, 0.25) is 10.0 Å². The van der Waals surface area contributed by atoms with Gasteiger partial charge in [-0.2, -0.15) is 4.31 Å². The van der Waals surface area contributed by atoms with Crippen LogP contribution in [0.5, 0.6) is 0 Å². The predicted octanol–water partition coefficient (Wildman–Crippen LogP) is 2.81. The van der Waals surface area contributed by atoms with E-state index in [-0.39, 0.29) is 16.2 Å². The van der Waals surface area contributed by atoms with E-state index in [1.54, 1.807) is 13.8 Å². The molecule has 0 saturated carbocycles. The minimum Gasteiger partial charge on any atom is -0.300 e. The summed E-state index contributed by atoms with van der Waals surface area (Å²) < 4.78 is 63.8. The molecule has 1 aliphatic rings. The van der Waals surface area contributed by atoms with E-state index in [0.717, 1.165) is 5.41 Å². The molecule has 1 unspecified atom stereocenters. The van der Waals surface area contributed by atoms with Crippen LogP contribution in [0.3, 0.4) is 0 Å². The highest BCUT2D eigenvalue weighted by Crippen LogP contribution is 2.26. The molecule has 10 heteroatoms. The summed E-state index contributed by atoms with van der Waals surface area (Å²) in [7, 11) is -7.12. The second-order valence-electron chi connectivity index (χ2n) is 6.99. The zero-order valence-electron chi connectivity index (χ0n) is 17.1. The van der Waals surface area contributed by atoms with E-state index in [9.17, 15) is 26.0 Å². The smallest absolute Gasteiger partial charge is 0.258 e. The van der Waals surface area contributed by atoms with E-state index in [0.29, 0.717) is 18.8 Å². The molecule has 1 amide bonds. The van der Waals surface area contributed by atoms with Gasteiger partial charge in [0.05, 0.1) is 16.7 Å². The molecule has 166 valence electrons. The molecule has 1 heterocycles. The number of rotatable bonds is 7. The van der Waals surface area contributed by atoms with Crippen LogP contribution in [0.2, 0.25) is 0 Å². The van der Waals surface area contributed by atoms with Gasteiger partial charge in [0.1, 0.15) is 5.82 Å². The van der Waals surface area contributed by atoms with Crippen LogP contribution in [0.1, 0.15) is 24.2 Å². The van der Waals surface area contributed by atoms with Crippen molar-refractivity contribution in [3.05, 3.63) is 71.4 Å². The molecule has 0 aliphatic carbocycles. The molecule has 31 heavy (non-hydrogen) atoms. The zero-order chi connectivity index (χ0) is 22.8. The van der Waals surface area contributed by atoms with Crippen LogP contribution < -0.4 is 4.90 Å². The maximum absolute atomic E-state index is 13.4. The number of benzene rings is 2. The van der Waals surface area contributed by atoms with E-state index in [1.807, 2.05) is 0 Å². The van der Waals surface area contributed by atoms with Gasteiger partial charge in [-0.15, -0.1) is 0 Å². The number of carbonyl (C=O) groups is 1. The molecule has 0 N–H and O–H groups in total. The minimum atomic E-state index is -3.68. The molecule has 0 bridgehead atoms. The van der Waals surface area contributed by atoms with Crippen LogP contribution in [0.15, 0.2) is 64.9 Å². The number of hydrogen-bond donors (Lipinski definition) is 0. The Bertz CT molecular complexity index is 1190. The molecule has 0 aromatic heterocycles. The Morgan fingerprint density at radius 2 is 1.61 bits per heavy atom. The molecule has 0 radical (unpaired) electrons. The number of nitrogens with zero attached hydrogens (tertiary/aromatic N) is 2. The first-order valence-electron chi connectivity index (χ1n) is 9.69. The molecular formula is C21H23FN2O5S2. The molecule has 0 spiro atoms. The Kier molecular flexibility index (Phi) is 6.63. The summed E-state index contributed by atoms with van der Waals surface area (Å²) >= 11 is 0. The van der Waals surface area contributed by atoms with Crippen molar-refractivity contribution in [2.24, 2.45) is 0 Å². The summed E-state index contributed by atoms with van der Waals surface area (Å²) in [5.41, 5.74) is 0.513. The average molecular weight is 467 g/mol. The molecule has 7 nitrogen and oxygen atoms in total. The molecular weight excluding hydrogens is 443 g/mol. The van der Waals surface area contributed by atoms with Gasteiger partial charge in [-0.3, -0.25) is 4.79 Å². The Hall–Kier alpha value is -2.56. The van der Waals surface area contributed by atoms with Crippen LogP contribution in [0.25, 0.3) is 0 Å². The van der Waals surface area contributed by atoms with Gasteiger partial charge in [0.25, 0.3) is 5.91 Å². The number of sulfone groups is 1. The molecule has 1 aliphatic heterocycles. The topological polar surface area (TPSA) is 91.8 Å². The summed E-state index contributed by atoms with van der Waals surface area (Å²) in [6.45, 7) is 4.12. The van der Waals surface area contributed by atoms with Crippen LogP contribution >= 0.6 is 0 Å². The summed E-state index contributed by atoms with van der Waals surface area (Å²) in [5, 5.41) is 1.06. The lowest BCUT2D eigenvalue weighted by Gasteiger charge is -2.28. The van der Waals surface area contributed by atoms with E-state index in [4.69, 9.17) is 0 Å². The highest BCUT2D eigenvalue weighted by molar-refractivity contribution is 7.94. The number of sulfonamides is 1. The van der Waals surface area contributed by atoms with Crippen LogP contribution in [0.4, 0.5) is 10.1 Å². The van der Waals surface area contributed by atoms with Crippen LogP contribution in [-0.4, -0.2) is 51.9 Å². The number of amides is 1. The highest BCUT2D eigenvalue weighted by Gasteiger charge is 2.32. The van der Waals surface area contributed by atoms with Crippen molar-refractivity contribution in [3.8, 4) is 0 Å². The number of carbonyl (C=O) groups excluding carboxylic acids is 1. The Labute approximate surface area is 181 Å². The van der Waals surface area contributed by atoms with Gasteiger partial charge in [-0.25, -0.2) is 21.2 Å². The van der Waals surface area contributed by atoms with Gasteiger partial charge >= 0.3 is 0 Å². The normalized spacial score (nSPS) is 17.7. The second kappa shape index (κ2) is 8.89. The first-order chi connectivity index (χ1) is 14.6. The van der Waals surface area contributed by atoms with E-state index < -0.39 is 37.6 Å². The summed E-state index contributed by atoms with van der Waals surface area (Å²) in [5.74, 6) is -1.30. The van der Waals surface area contributed by atoms with Gasteiger partial charge in [0, 0.05) is 29.7 Å². The van der Waals surface area contributed by atoms with E-state index in [2.05, 4.69) is 0 Å². The Morgan fingerprint density at radius 3 is 2.10 bits per heavy atom. The minimum absolute atomic E-state index is 0.0597. The molecule has 0 saturated heterocycles. The number of halogens is 1. The predicted molar refractivity (Wildman–Crippen MR) is 116 cm³/mol. The lowest BCUT2D eigenvalue weighted by Crippen LogP contribution is -2.41. The third kappa shape index (κ3) is 4.86. The quantitative estimate of drug-likeness (QED) is 0.626. The largest absolute Gasteiger partial charge is 0.300 e. The molecule has 3 rings (SSSR count).